The molecule has 4 nitrogen and oxygen atoms in total. The lowest BCUT2D eigenvalue weighted by Crippen LogP contribution is -3.00. The van der Waals surface area contributed by atoms with Crippen LogP contribution in [-0.2, 0) is 16.0 Å². The van der Waals surface area contributed by atoms with Gasteiger partial charge in [0.2, 0.25) is 5.91 Å². The molecule has 1 aromatic carbocycles. The van der Waals surface area contributed by atoms with Crippen LogP contribution in [0.5, 0.6) is 0 Å². The van der Waals surface area contributed by atoms with Crippen LogP contribution in [0.15, 0.2) is 30.3 Å². The zero-order valence-corrected chi connectivity index (χ0v) is 11.7. The summed E-state index contributed by atoms with van der Waals surface area (Å²) < 4.78 is 5.28. The number of hydrogen-bond acceptors (Lipinski definition) is 3. The predicted octanol–water partition coefficient (Wildman–Crippen LogP) is -2.32. The van der Waals surface area contributed by atoms with Crippen LogP contribution in [0.1, 0.15) is 5.56 Å². The summed E-state index contributed by atoms with van der Waals surface area (Å²) in [7, 11) is 0. The van der Waals surface area contributed by atoms with Crippen LogP contribution in [0.4, 0.5) is 0 Å². The van der Waals surface area contributed by atoms with Crippen LogP contribution in [0.2, 0.25) is 0 Å². The van der Waals surface area contributed by atoms with Crippen molar-refractivity contribution < 1.29 is 21.9 Å². The minimum atomic E-state index is 0. The molecule has 0 bridgehead atoms. The van der Waals surface area contributed by atoms with Crippen LogP contribution >= 0.6 is 0 Å². The number of carbonyl (C=O) groups is 1. The van der Waals surface area contributed by atoms with E-state index in [4.69, 9.17) is 4.74 Å². The molecule has 19 heavy (non-hydrogen) atoms. The monoisotopic (exact) mass is 283 g/mol. The van der Waals surface area contributed by atoms with Crippen molar-refractivity contribution in [2.75, 3.05) is 39.4 Å². The van der Waals surface area contributed by atoms with E-state index in [2.05, 4.69) is 10.2 Å². The molecule has 0 aromatic heterocycles. The highest BCUT2D eigenvalue weighted by Crippen LogP contribution is 1.99. The van der Waals surface area contributed by atoms with Crippen molar-refractivity contribution in [3.8, 4) is 0 Å². The van der Waals surface area contributed by atoms with Crippen molar-refractivity contribution in [2.24, 2.45) is 0 Å². The minimum Gasteiger partial charge on any atom is -1.00 e. The number of benzene rings is 1. The third-order valence-electron chi connectivity index (χ3n) is 3.06. The van der Waals surface area contributed by atoms with Crippen molar-refractivity contribution >= 4 is 5.91 Å². The van der Waals surface area contributed by atoms with E-state index < -0.39 is 0 Å². The summed E-state index contributed by atoms with van der Waals surface area (Å²) in [6, 6.07) is 9.82. The summed E-state index contributed by atoms with van der Waals surface area (Å²) >= 11 is 0. The number of morpholine rings is 1. The summed E-state index contributed by atoms with van der Waals surface area (Å²) in [5, 5.41) is 2.96. The maximum absolute atomic E-state index is 11.7. The molecule has 0 aliphatic carbocycles. The lowest BCUT2D eigenvalue weighted by Gasteiger charge is -2.26. The van der Waals surface area contributed by atoms with Gasteiger partial charge in [-0.2, -0.15) is 0 Å². The number of hydrogen-bond donors (Lipinski definition) is 1. The Hall–Kier alpha value is -1.10. The summed E-state index contributed by atoms with van der Waals surface area (Å²) in [6.45, 7) is 5.16. The predicted molar refractivity (Wildman–Crippen MR) is 70.4 cm³/mol. The smallest absolute Gasteiger partial charge is 0.224 e. The first-order valence-corrected chi connectivity index (χ1v) is 6.45. The topological polar surface area (TPSA) is 41.6 Å². The van der Waals surface area contributed by atoms with Crippen LogP contribution < -0.4 is 17.7 Å². The van der Waals surface area contributed by atoms with Crippen molar-refractivity contribution in [2.45, 2.75) is 6.42 Å². The number of rotatable bonds is 5. The fourth-order valence-corrected chi connectivity index (χ4v) is 2.02. The molecule has 1 amide bonds. The molecule has 1 N–H and O–H groups in total. The van der Waals surface area contributed by atoms with E-state index in [1.807, 2.05) is 30.3 Å². The molecule has 0 atom stereocenters. The largest absolute Gasteiger partial charge is 1.00 e. The highest BCUT2D eigenvalue weighted by Gasteiger charge is 2.10. The van der Waals surface area contributed by atoms with Gasteiger partial charge < -0.3 is 22.5 Å². The summed E-state index contributed by atoms with van der Waals surface area (Å²) in [5.41, 5.74) is 1.06. The Morgan fingerprint density at radius 1 is 1.21 bits per heavy atom. The van der Waals surface area contributed by atoms with Gasteiger partial charge in [0.15, 0.2) is 0 Å². The Morgan fingerprint density at radius 3 is 2.58 bits per heavy atom. The lowest BCUT2D eigenvalue weighted by molar-refractivity contribution is -0.120. The van der Waals surface area contributed by atoms with Gasteiger partial charge in [0, 0.05) is 26.2 Å². The van der Waals surface area contributed by atoms with Crippen LogP contribution in [0.25, 0.3) is 0 Å². The van der Waals surface area contributed by atoms with Gasteiger partial charge in [-0.05, 0) is 5.56 Å². The summed E-state index contributed by atoms with van der Waals surface area (Å²) in [5.74, 6) is 0.0921. The SMILES string of the molecule is O=C(Cc1ccccc1)NCCN1CCOCC1.[Cl-]. The number of amides is 1. The fraction of sp³-hybridized carbons (Fsp3) is 0.500. The molecule has 0 unspecified atom stereocenters. The highest BCUT2D eigenvalue weighted by molar-refractivity contribution is 5.78. The maximum Gasteiger partial charge on any atom is 0.224 e. The summed E-state index contributed by atoms with van der Waals surface area (Å²) in [4.78, 5) is 14.0. The third kappa shape index (κ3) is 6.05. The minimum absolute atomic E-state index is 0. The molecular weight excluding hydrogens is 264 g/mol. The van der Waals surface area contributed by atoms with Crippen LogP contribution in [0, 0.1) is 0 Å². The van der Waals surface area contributed by atoms with Gasteiger partial charge in [-0.1, -0.05) is 30.3 Å². The van der Waals surface area contributed by atoms with Crippen molar-refractivity contribution in [1.82, 2.24) is 10.2 Å². The van der Waals surface area contributed by atoms with Crippen molar-refractivity contribution in [3.63, 3.8) is 0 Å². The maximum atomic E-state index is 11.7. The fourth-order valence-electron chi connectivity index (χ4n) is 2.02. The third-order valence-corrected chi connectivity index (χ3v) is 3.06. The molecule has 106 valence electrons. The van der Waals surface area contributed by atoms with E-state index in [9.17, 15) is 4.79 Å². The van der Waals surface area contributed by atoms with Crippen LogP contribution in [-0.4, -0.2) is 50.2 Å². The molecule has 1 aromatic rings. The Labute approximate surface area is 120 Å². The van der Waals surface area contributed by atoms with E-state index in [0.717, 1.165) is 38.4 Å². The Kier molecular flexibility index (Phi) is 7.48. The average molecular weight is 284 g/mol. The Balaban J connectivity index is 0.00000180. The zero-order valence-electron chi connectivity index (χ0n) is 11.0. The van der Waals surface area contributed by atoms with Gasteiger partial charge in [0.25, 0.3) is 0 Å². The van der Waals surface area contributed by atoms with E-state index in [1.54, 1.807) is 0 Å². The first kappa shape index (κ1) is 16.0. The number of nitrogens with one attached hydrogen (secondary N) is 1. The number of ether oxygens (including phenoxy) is 1. The second-order valence-corrected chi connectivity index (χ2v) is 4.47. The molecule has 2 rings (SSSR count). The molecule has 5 heteroatoms. The van der Waals surface area contributed by atoms with E-state index in [-0.39, 0.29) is 18.3 Å². The second-order valence-electron chi connectivity index (χ2n) is 4.47. The number of nitrogens with zero attached hydrogens (tertiary/aromatic N) is 1. The lowest BCUT2D eigenvalue weighted by atomic mass is 10.1. The zero-order chi connectivity index (χ0) is 12.6. The van der Waals surface area contributed by atoms with Crippen molar-refractivity contribution in [1.29, 1.82) is 0 Å². The van der Waals surface area contributed by atoms with Gasteiger partial charge in [-0.15, -0.1) is 0 Å². The molecule has 0 radical (unpaired) electrons. The van der Waals surface area contributed by atoms with Gasteiger partial charge >= 0.3 is 0 Å². The first-order valence-electron chi connectivity index (χ1n) is 6.45. The quantitative estimate of drug-likeness (QED) is 0.660. The molecule has 1 fully saturated rings. The van der Waals surface area contributed by atoms with Crippen molar-refractivity contribution in [3.05, 3.63) is 35.9 Å². The molecule has 1 aliphatic rings. The molecule has 1 heterocycles. The first-order chi connectivity index (χ1) is 8.84. The Bertz CT molecular complexity index is 367. The van der Waals surface area contributed by atoms with Crippen LogP contribution in [0.3, 0.4) is 0 Å². The summed E-state index contributed by atoms with van der Waals surface area (Å²) in [6.07, 6.45) is 0.462. The molecule has 0 spiro atoms. The molecular formula is C14H20ClN2O2-. The number of halogens is 1. The average Bonchev–Trinajstić information content (AvgIpc) is 2.41. The second kappa shape index (κ2) is 8.91. The molecule has 1 aliphatic heterocycles. The van der Waals surface area contributed by atoms with E-state index in [1.165, 1.54) is 0 Å². The van der Waals surface area contributed by atoms with Gasteiger partial charge in [0.05, 0.1) is 19.6 Å². The molecule has 1 saturated heterocycles. The Morgan fingerprint density at radius 2 is 1.89 bits per heavy atom. The van der Waals surface area contributed by atoms with Gasteiger partial charge in [-0.25, -0.2) is 0 Å². The normalized spacial score (nSPS) is 15.6. The molecule has 0 saturated carbocycles. The number of carbonyl (C=O) groups excluding carboxylic acids is 1. The standard InChI is InChI=1S/C14H20N2O2.ClH/c17-14(12-13-4-2-1-3-5-13)15-6-7-16-8-10-18-11-9-16;/h1-5H,6-12H2,(H,15,17);1H/p-1. The van der Waals surface area contributed by atoms with Gasteiger partial charge in [0.1, 0.15) is 0 Å². The van der Waals surface area contributed by atoms with E-state index in [0.29, 0.717) is 13.0 Å². The van der Waals surface area contributed by atoms with E-state index >= 15 is 0 Å². The van der Waals surface area contributed by atoms with Gasteiger partial charge in [-0.3, -0.25) is 9.69 Å². The highest BCUT2D eigenvalue weighted by atomic mass is 35.5.